The van der Waals surface area contributed by atoms with Crippen LogP contribution in [0.15, 0.2) is 18.3 Å². The Morgan fingerprint density at radius 1 is 0.909 bits per heavy atom. The molecule has 1 heterocycles. The molecule has 22 heavy (non-hydrogen) atoms. The van der Waals surface area contributed by atoms with Crippen molar-refractivity contribution in [1.82, 2.24) is 15.6 Å². The molecule has 2 aliphatic carbocycles. The lowest BCUT2D eigenvalue weighted by Crippen LogP contribution is -2.34. The zero-order valence-corrected chi connectivity index (χ0v) is 12.8. The number of carbonyl (C=O) groups is 2. The van der Waals surface area contributed by atoms with Crippen molar-refractivity contribution in [3.63, 3.8) is 0 Å². The summed E-state index contributed by atoms with van der Waals surface area (Å²) in [6, 6.07) is 3.78. The molecule has 1 aromatic heterocycles. The van der Waals surface area contributed by atoms with Gasteiger partial charge in [-0.1, -0.05) is 25.7 Å². The van der Waals surface area contributed by atoms with Gasteiger partial charge >= 0.3 is 0 Å². The quantitative estimate of drug-likeness (QED) is 0.897. The number of pyridine rings is 1. The van der Waals surface area contributed by atoms with Gasteiger partial charge in [-0.05, 0) is 37.8 Å². The predicted octanol–water partition coefficient (Wildman–Crippen LogP) is 2.43. The van der Waals surface area contributed by atoms with Crippen LogP contribution in [0.4, 0.5) is 0 Å². The second-order valence-corrected chi connectivity index (χ2v) is 6.34. The van der Waals surface area contributed by atoms with Gasteiger partial charge in [0.1, 0.15) is 5.69 Å². The number of nitrogens with zero attached hydrogens (tertiary/aromatic N) is 1. The van der Waals surface area contributed by atoms with E-state index in [2.05, 4.69) is 15.6 Å². The van der Waals surface area contributed by atoms with Crippen LogP contribution in [-0.4, -0.2) is 28.9 Å². The summed E-state index contributed by atoms with van der Waals surface area (Å²) in [6.45, 7) is 0. The van der Waals surface area contributed by atoms with Gasteiger partial charge in [0.15, 0.2) is 0 Å². The molecule has 0 atom stereocenters. The topological polar surface area (TPSA) is 71.1 Å². The molecule has 0 spiro atoms. The second-order valence-electron chi connectivity index (χ2n) is 6.34. The van der Waals surface area contributed by atoms with Crippen molar-refractivity contribution < 1.29 is 9.59 Å². The first kappa shape index (κ1) is 15.0. The van der Waals surface area contributed by atoms with Gasteiger partial charge in [-0.25, -0.2) is 0 Å². The van der Waals surface area contributed by atoms with E-state index >= 15 is 0 Å². The summed E-state index contributed by atoms with van der Waals surface area (Å²) in [6.07, 6.45) is 10.4. The molecule has 0 unspecified atom stereocenters. The number of aromatic nitrogens is 1. The van der Waals surface area contributed by atoms with Crippen LogP contribution in [0, 0.1) is 0 Å². The van der Waals surface area contributed by atoms with Crippen LogP contribution in [0.2, 0.25) is 0 Å². The normalized spacial score (nSPS) is 19.3. The number of rotatable bonds is 4. The lowest BCUT2D eigenvalue weighted by molar-refractivity contribution is 0.0933. The van der Waals surface area contributed by atoms with Gasteiger partial charge < -0.3 is 10.6 Å². The second kappa shape index (κ2) is 6.90. The first-order chi connectivity index (χ1) is 10.7. The summed E-state index contributed by atoms with van der Waals surface area (Å²) in [5, 5.41) is 6.04. The summed E-state index contributed by atoms with van der Waals surface area (Å²) in [5.74, 6) is -0.286. The lowest BCUT2D eigenvalue weighted by atomic mass is 10.1. The van der Waals surface area contributed by atoms with Crippen LogP contribution in [0.25, 0.3) is 0 Å². The van der Waals surface area contributed by atoms with Gasteiger partial charge in [-0.3, -0.25) is 14.6 Å². The minimum Gasteiger partial charge on any atom is -0.349 e. The van der Waals surface area contributed by atoms with Gasteiger partial charge in [-0.2, -0.15) is 0 Å². The molecule has 0 saturated heterocycles. The largest absolute Gasteiger partial charge is 0.349 e. The van der Waals surface area contributed by atoms with Crippen molar-refractivity contribution in [2.75, 3.05) is 0 Å². The summed E-state index contributed by atoms with van der Waals surface area (Å²) in [5.41, 5.74) is 0.837. The average molecular weight is 301 g/mol. The maximum absolute atomic E-state index is 12.2. The number of hydrogen-bond donors (Lipinski definition) is 2. The SMILES string of the molecule is O=C(NC1CCCC1)c1ccnc(C(=O)NC2CCCC2)c1. The molecule has 2 amide bonds. The number of hydrogen-bond acceptors (Lipinski definition) is 3. The summed E-state index contributed by atoms with van der Waals surface area (Å²) < 4.78 is 0. The molecule has 0 bridgehead atoms. The van der Waals surface area contributed by atoms with Gasteiger partial charge in [-0.15, -0.1) is 0 Å². The van der Waals surface area contributed by atoms with Gasteiger partial charge in [0.05, 0.1) is 0 Å². The molecule has 0 aromatic carbocycles. The van der Waals surface area contributed by atoms with E-state index in [1.807, 2.05) is 0 Å². The highest BCUT2D eigenvalue weighted by atomic mass is 16.2. The van der Waals surface area contributed by atoms with E-state index in [1.54, 1.807) is 12.1 Å². The van der Waals surface area contributed by atoms with Crippen LogP contribution in [0.1, 0.15) is 72.2 Å². The fraction of sp³-hybridized carbons (Fsp3) is 0.588. The Balaban J connectivity index is 1.63. The van der Waals surface area contributed by atoms with Crippen molar-refractivity contribution in [3.05, 3.63) is 29.6 Å². The highest BCUT2D eigenvalue weighted by Crippen LogP contribution is 2.19. The van der Waals surface area contributed by atoms with Crippen LogP contribution < -0.4 is 10.6 Å². The van der Waals surface area contributed by atoms with Crippen molar-refractivity contribution in [1.29, 1.82) is 0 Å². The molecule has 2 fully saturated rings. The summed E-state index contributed by atoms with van der Waals surface area (Å²) in [7, 11) is 0. The summed E-state index contributed by atoms with van der Waals surface area (Å²) in [4.78, 5) is 28.6. The third-order valence-corrected chi connectivity index (χ3v) is 4.64. The van der Waals surface area contributed by atoms with E-state index in [0.717, 1.165) is 25.7 Å². The lowest BCUT2D eigenvalue weighted by Gasteiger charge is -2.13. The molecule has 2 N–H and O–H groups in total. The minimum absolute atomic E-state index is 0.107. The molecule has 5 nitrogen and oxygen atoms in total. The van der Waals surface area contributed by atoms with Crippen molar-refractivity contribution in [3.8, 4) is 0 Å². The zero-order chi connectivity index (χ0) is 15.4. The smallest absolute Gasteiger partial charge is 0.270 e. The number of nitrogens with one attached hydrogen (secondary N) is 2. The van der Waals surface area contributed by atoms with Crippen molar-refractivity contribution >= 4 is 11.8 Å². The maximum Gasteiger partial charge on any atom is 0.270 e. The molecule has 118 valence electrons. The number of amides is 2. The van der Waals surface area contributed by atoms with Gasteiger partial charge in [0.25, 0.3) is 11.8 Å². The first-order valence-corrected chi connectivity index (χ1v) is 8.30. The van der Waals surface area contributed by atoms with Gasteiger partial charge in [0.2, 0.25) is 0 Å². The highest BCUT2D eigenvalue weighted by Gasteiger charge is 2.21. The monoisotopic (exact) mass is 301 g/mol. The Morgan fingerprint density at radius 2 is 1.45 bits per heavy atom. The van der Waals surface area contributed by atoms with Crippen molar-refractivity contribution in [2.45, 2.75) is 63.5 Å². The minimum atomic E-state index is -0.178. The number of carbonyl (C=O) groups excluding carboxylic acids is 2. The first-order valence-electron chi connectivity index (χ1n) is 8.30. The zero-order valence-electron chi connectivity index (χ0n) is 12.8. The molecule has 3 rings (SSSR count). The Labute approximate surface area is 130 Å². The average Bonchev–Trinajstić information content (AvgIpc) is 3.21. The molecular weight excluding hydrogens is 278 g/mol. The third kappa shape index (κ3) is 3.64. The molecule has 1 aromatic rings. The molecule has 2 aliphatic rings. The van der Waals surface area contributed by atoms with Crippen LogP contribution in [0.5, 0.6) is 0 Å². The Kier molecular flexibility index (Phi) is 4.71. The van der Waals surface area contributed by atoms with E-state index in [1.165, 1.54) is 31.9 Å². The van der Waals surface area contributed by atoms with Crippen LogP contribution in [-0.2, 0) is 0 Å². The fourth-order valence-electron chi connectivity index (χ4n) is 3.36. The van der Waals surface area contributed by atoms with Gasteiger partial charge in [0, 0.05) is 23.8 Å². The molecule has 5 heteroatoms. The third-order valence-electron chi connectivity index (χ3n) is 4.64. The molecule has 0 radical (unpaired) electrons. The van der Waals surface area contributed by atoms with Crippen LogP contribution in [0.3, 0.4) is 0 Å². The van der Waals surface area contributed by atoms with E-state index in [9.17, 15) is 9.59 Å². The molecule has 2 saturated carbocycles. The summed E-state index contributed by atoms with van der Waals surface area (Å²) >= 11 is 0. The molecular formula is C17H23N3O2. The standard InChI is InChI=1S/C17H23N3O2/c21-16(19-13-5-1-2-6-13)12-9-10-18-15(11-12)17(22)20-14-7-3-4-8-14/h9-11,13-14H,1-8H2,(H,19,21)(H,20,22). The fourth-order valence-corrected chi connectivity index (χ4v) is 3.36. The van der Waals surface area contributed by atoms with E-state index in [0.29, 0.717) is 11.3 Å². The van der Waals surface area contributed by atoms with Crippen molar-refractivity contribution in [2.24, 2.45) is 0 Å². The highest BCUT2D eigenvalue weighted by molar-refractivity contribution is 5.98. The Hall–Kier alpha value is -1.91. The van der Waals surface area contributed by atoms with E-state index < -0.39 is 0 Å². The van der Waals surface area contributed by atoms with E-state index in [-0.39, 0.29) is 23.9 Å². The Morgan fingerprint density at radius 3 is 2.05 bits per heavy atom. The maximum atomic E-state index is 12.2. The Bertz CT molecular complexity index is 501. The van der Waals surface area contributed by atoms with E-state index in [4.69, 9.17) is 0 Å². The predicted molar refractivity (Wildman–Crippen MR) is 83.7 cm³/mol. The van der Waals surface area contributed by atoms with Crippen LogP contribution >= 0.6 is 0 Å². The molecule has 0 aliphatic heterocycles.